The third kappa shape index (κ3) is 2.34. The molecule has 0 saturated carbocycles. The minimum atomic E-state index is -0.0934. The number of anilines is 1. The molecule has 1 amide bonds. The van der Waals surface area contributed by atoms with Crippen molar-refractivity contribution in [2.24, 2.45) is 0 Å². The zero-order chi connectivity index (χ0) is 15.0. The van der Waals surface area contributed by atoms with Gasteiger partial charge in [0.1, 0.15) is 0 Å². The fourth-order valence-electron chi connectivity index (χ4n) is 2.64. The van der Waals surface area contributed by atoms with Gasteiger partial charge in [-0.25, -0.2) is 0 Å². The van der Waals surface area contributed by atoms with E-state index in [2.05, 4.69) is 0 Å². The molecule has 0 N–H and O–H groups in total. The van der Waals surface area contributed by atoms with Gasteiger partial charge in [-0.1, -0.05) is 35.9 Å². The molecular formula is C17H14ClNO2. The number of nitrogens with zero attached hydrogens (tertiary/aromatic N) is 1. The summed E-state index contributed by atoms with van der Waals surface area (Å²) in [6.07, 6.45) is 0.300. The fraction of sp³-hybridized carbons (Fsp3) is 0.176. The molecule has 1 heterocycles. The van der Waals surface area contributed by atoms with E-state index < -0.39 is 0 Å². The van der Waals surface area contributed by atoms with Gasteiger partial charge in [-0.05, 0) is 30.7 Å². The van der Waals surface area contributed by atoms with Crippen LogP contribution in [0, 0.1) is 6.92 Å². The van der Waals surface area contributed by atoms with Crippen LogP contribution >= 0.6 is 11.6 Å². The highest BCUT2D eigenvalue weighted by atomic mass is 35.5. The third-order valence-corrected chi connectivity index (χ3v) is 4.06. The molecule has 21 heavy (non-hydrogen) atoms. The first-order valence-electron chi connectivity index (χ1n) is 6.79. The second-order valence-electron chi connectivity index (χ2n) is 5.08. The standard InChI is InChI=1S/C17H14ClNO2/c1-11-5-2-3-6-12(11)17(21)19-10-9-15(20)16-13(18)7-4-8-14(16)19/h2-8H,9-10H2,1H3. The maximum Gasteiger partial charge on any atom is 0.258 e. The van der Waals surface area contributed by atoms with E-state index in [9.17, 15) is 9.59 Å². The van der Waals surface area contributed by atoms with E-state index >= 15 is 0 Å². The van der Waals surface area contributed by atoms with Crippen molar-refractivity contribution in [3.8, 4) is 0 Å². The third-order valence-electron chi connectivity index (χ3n) is 3.74. The monoisotopic (exact) mass is 299 g/mol. The molecule has 2 aromatic carbocycles. The lowest BCUT2D eigenvalue weighted by atomic mass is 9.98. The van der Waals surface area contributed by atoms with Gasteiger partial charge in [0.05, 0.1) is 16.3 Å². The molecule has 3 nitrogen and oxygen atoms in total. The van der Waals surface area contributed by atoms with Crippen LogP contribution in [-0.4, -0.2) is 18.2 Å². The Labute approximate surface area is 128 Å². The van der Waals surface area contributed by atoms with Gasteiger partial charge in [-0.3, -0.25) is 9.59 Å². The smallest absolute Gasteiger partial charge is 0.258 e. The Hall–Kier alpha value is -2.13. The molecule has 0 bridgehead atoms. The Morgan fingerprint density at radius 1 is 1.14 bits per heavy atom. The molecule has 0 unspecified atom stereocenters. The topological polar surface area (TPSA) is 37.4 Å². The Kier molecular flexibility index (Phi) is 3.52. The quantitative estimate of drug-likeness (QED) is 0.801. The van der Waals surface area contributed by atoms with Gasteiger partial charge < -0.3 is 4.90 Å². The van der Waals surface area contributed by atoms with E-state index in [-0.39, 0.29) is 11.7 Å². The summed E-state index contributed by atoms with van der Waals surface area (Å²) >= 11 is 6.13. The number of carbonyl (C=O) groups is 2. The van der Waals surface area contributed by atoms with Crippen molar-refractivity contribution in [2.45, 2.75) is 13.3 Å². The molecule has 0 saturated heterocycles. The maximum absolute atomic E-state index is 12.8. The zero-order valence-corrected chi connectivity index (χ0v) is 12.4. The molecular weight excluding hydrogens is 286 g/mol. The number of amides is 1. The molecule has 2 aromatic rings. The minimum Gasteiger partial charge on any atom is -0.307 e. The Morgan fingerprint density at radius 2 is 1.90 bits per heavy atom. The van der Waals surface area contributed by atoms with Crippen LogP contribution in [0.4, 0.5) is 5.69 Å². The number of aryl methyl sites for hydroxylation is 1. The van der Waals surface area contributed by atoms with Crippen LogP contribution in [0.25, 0.3) is 0 Å². The summed E-state index contributed by atoms with van der Waals surface area (Å²) in [5, 5.41) is 0.403. The molecule has 106 valence electrons. The van der Waals surface area contributed by atoms with Crippen molar-refractivity contribution >= 4 is 29.0 Å². The minimum absolute atomic E-state index is 0.00978. The number of hydrogen-bond acceptors (Lipinski definition) is 2. The summed E-state index contributed by atoms with van der Waals surface area (Å²) in [6.45, 7) is 2.29. The first kappa shape index (κ1) is 13.8. The number of Topliss-reactive ketones (excluding diaryl/α,β-unsaturated/α-hetero) is 1. The predicted octanol–water partition coefficient (Wildman–Crippen LogP) is 3.88. The number of carbonyl (C=O) groups excluding carboxylic acids is 2. The van der Waals surface area contributed by atoms with E-state index in [0.29, 0.717) is 34.8 Å². The largest absolute Gasteiger partial charge is 0.307 e. The van der Waals surface area contributed by atoms with Gasteiger partial charge in [0.15, 0.2) is 5.78 Å². The molecule has 0 aliphatic carbocycles. The van der Waals surface area contributed by atoms with Crippen molar-refractivity contribution in [2.75, 3.05) is 11.4 Å². The first-order chi connectivity index (χ1) is 10.1. The lowest BCUT2D eigenvalue weighted by Gasteiger charge is -2.29. The van der Waals surface area contributed by atoms with Crippen LogP contribution in [0.2, 0.25) is 5.02 Å². The number of halogens is 1. The Morgan fingerprint density at radius 3 is 2.67 bits per heavy atom. The van der Waals surface area contributed by atoms with E-state index in [0.717, 1.165) is 5.56 Å². The molecule has 0 radical (unpaired) electrons. The van der Waals surface area contributed by atoms with Crippen molar-refractivity contribution < 1.29 is 9.59 Å². The van der Waals surface area contributed by atoms with E-state index in [4.69, 9.17) is 11.6 Å². The molecule has 0 fully saturated rings. The average molecular weight is 300 g/mol. The van der Waals surface area contributed by atoms with Crippen molar-refractivity contribution in [1.82, 2.24) is 0 Å². The van der Waals surface area contributed by atoms with Gasteiger partial charge in [-0.2, -0.15) is 0 Å². The fourth-order valence-corrected chi connectivity index (χ4v) is 2.92. The molecule has 0 spiro atoms. The molecule has 1 aliphatic rings. The normalized spacial score (nSPS) is 14.0. The van der Waals surface area contributed by atoms with Gasteiger partial charge in [0.25, 0.3) is 5.91 Å². The Bertz CT molecular complexity index is 739. The Balaban J connectivity index is 2.08. The molecule has 4 heteroatoms. The van der Waals surface area contributed by atoms with Crippen LogP contribution in [0.3, 0.4) is 0 Å². The second kappa shape index (κ2) is 5.34. The van der Waals surface area contributed by atoms with Gasteiger partial charge in [0.2, 0.25) is 0 Å². The lowest BCUT2D eigenvalue weighted by molar-refractivity contribution is 0.0955. The summed E-state index contributed by atoms with van der Waals surface area (Å²) in [6, 6.07) is 12.7. The maximum atomic E-state index is 12.8. The molecule has 3 rings (SSSR count). The second-order valence-corrected chi connectivity index (χ2v) is 5.49. The average Bonchev–Trinajstić information content (AvgIpc) is 2.47. The number of hydrogen-bond donors (Lipinski definition) is 0. The molecule has 0 atom stereocenters. The highest BCUT2D eigenvalue weighted by Crippen LogP contribution is 2.33. The van der Waals surface area contributed by atoms with Gasteiger partial charge in [-0.15, -0.1) is 0 Å². The zero-order valence-electron chi connectivity index (χ0n) is 11.6. The summed E-state index contributed by atoms with van der Waals surface area (Å²) in [4.78, 5) is 26.5. The lowest BCUT2D eigenvalue weighted by Crippen LogP contribution is -2.37. The number of benzene rings is 2. The number of fused-ring (bicyclic) bond motifs is 1. The van der Waals surface area contributed by atoms with E-state index in [1.54, 1.807) is 29.2 Å². The highest BCUT2D eigenvalue weighted by molar-refractivity contribution is 6.35. The predicted molar refractivity (Wildman–Crippen MR) is 83.3 cm³/mol. The number of ketones is 1. The SMILES string of the molecule is Cc1ccccc1C(=O)N1CCC(=O)c2c(Cl)cccc21. The van der Waals surface area contributed by atoms with Crippen molar-refractivity contribution in [3.63, 3.8) is 0 Å². The van der Waals surface area contributed by atoms with Crippen molar-refractivity contribution in [1.29, 1.82) is 0 Å². The van der Waals surface area contributed by atoms with Crippen LogP contribution < -0.4 is 4.90 Å². The highest BCUT2D eigenvalue weighted by Gasteiger charge is 2.29. The molecule has 1 aliphatic heterocycles. The molecule has 0 aromatic heterocycles. The van der Waals surface area contributed by atoms with Crippen LogP contribution in [0.1, 0.15) is 32.7 Å². The van der Waals surface area contributed by atoms with E-state index in [1.807, 2.05) is 25.1 Å². The number of rotatable bonds is 1. The van der Waals surface area contributed by atoms with Crippen LogP contribution in [-0.2, 0) is 0 Å². The van der Waals surface area contributed by atoms with Crippen LogP contribution in [0.5, 0.6) is 0 Å². The summed E-state index contributed by atoms with van der Waals surface area (Å²) in [5.74, 6) is -0.103. The van der Waals surface area contributed by atoms with Crippen LogP contribution in [0.15, 0.2) is 42.5 Å². The van der Waals surface area contributed by atoms with Gasteiger partial charge in [0, 0.05) is 18.5 Å². The van der Waals surface area contributed by atoms with Crippen molar-refractivity contribution in [3.05, 3.63) is 64.2 Å². The summed E-state index contributed by atoms with van der Waals surface area (Å²) in [7, 11) is 0. The van der Waals surface area contributed by atoms with E-state index in [1.165, 1.54) is 0 Å². The summed E-state index contributed by atoms with van der Waals surface area (Å²) < 4.78 is 0. The summed E-state index contributed by atoms with van der Waals surface area (Å²) in [5.41, 5.74) is 2.63. The first-order valence-corrected chi connectivity index (χ1v) is 7.16. The van der Waals surface area contributed by atoms with Gasteiger partial charge >= 0.3 is 0 Å².